The molecule has 0 fully saturated rings. The van der Waals surface area contributed by atoms with E-state index in [4.69, 9.17) is 0 Å². The van der Waals surface area contributed by atoms with Gasteiger partial charge in [-0.25, -0.2) is 9.79 Å². The zero-order valence-corrected chi connectivity index (χ0v) is 8.38. The van der Waals surface area contributed by atoms with Crippen LogP contribution < -0.4 is 0 Å². The van der Waals surface area contributed by atoms with Crippen LogP contribution in [0.15, 0.2) is 35.3 Å². The van der Waals surface area contributed by atoms with E-state index in [1.807, 2.05) is 12.1 Å². The summed E-state index contributed by atoms with van der Waals surface area (Å²) in [5.74, 6) is 0. The van der Waals surface area contributed by atoms with Gasteiger partial charge in [-0.05, 0) is 17.5 Å². The highest BCUT2D eigenvalue weighted by molar-refractivity contribution is 7.19. The number of rotatable bonds is 3. The summed E-state index contributed by atoms with van der Waals surface area (Å²) in [6.07, 6.45) is 2.38. The van der Waals surface area contributed by atoms with Crippen molar-refractivity contribution in [3.05, 3.63) is 35.2 Å². The molecule has 0 aliphatic rings. The molecule has 0 N–H and O–H groups in total. The van der Waals surface area contributed by atoms with Crippen molar-refractivity contribution in [1.82, 2.24) is 0 Å². The van der Waals surface area contributed by atoms with Crippen LogP contribution in [0.25, 0.3) is 10.1 Å². The zero-order valence-electron chi connectivity index (χ0n) is 7.56. The molecule has 14 heavy (non-hydrogen) atoms. The molecular weight excluding hydrogens is 194 g/mol. The van der Waals surface area contributed by atoms with Crippen LogP contribution in [-0.2, 0) is 11.2 Å². The third-order valence-electron chi connectivity index (χ3n) is 2.01. The first-order valence-electron chi connectivity index (χ1n) is 4.41. The Balaban J connectivity index is 2.22. The molecule has 0 unspecified atom stereocenters. The Hall–Kier alpha value is -1.44. The molecule has 0 saturated heterocycles. The second kappa shape index (κ2) is 4.18. The van der Waals surface area contributed by atoms with Crippen LogP contribution in [0.2, 0.25) is 0 Å². The van der Waals surface area contributed by atoms with E-state index in [1.54, 1.807) is 17.4 Å². The summed E-state index contributed by atoms with van der Waals surface area (Å²) in [6, 6.07) is 10.4. The Morgan fingerprint density at radius 1 is 1.36 bits per heavy atom. The Morgan fingerprint density at radius 3 is 3.00 bits per heavy atom. The summed E-state index contributed by atoms with van der Waals surface area (Å²) >= 11 is 1.76. The molecule has 1 aromatic heterocycles. The van der Waals surface area contributed by atoms with E-state index >= 15 is 0 Å². The second-order valence-electron chi connectivity index (χ2n) is 2.97. The molecule has 0 aliphatic heterocycles. The van der Waals surface area contributed by atoms with Gasteiger partial charge in [0.05, 0.1) is 6.54 Å². The van der Waals surface area contributed by atoms with E-state index in [9.17, 15) is 4.79 Å². The minimum Gasteiger partial charge on any atom is -0.211 e. The normalized spacial score (nSPS) is 10.0. The molecule has 0 aliphatic carbocycles. The summed E-state index contributed by atoms with van der Waals surface area (Å²) in [7, 11) is 0. The average molecular weight is 203 g/mol. The van der Waals surface area contributed by atoms with Gasteiger partial charge in [0.1, 0.15) is 0 Å². The van der Waals surface area contributed by atoms with E-state index in [-0.39, 0.29) is 0 Å². The Labute approximate surface area is 85.9 Å². The summed E-state index contributed by atoms with van der Waals surface area (Å²) in [6.45, 7) is 0.538. The van der Waals surface area contributed by atoms with Gasteiger partial charge in [0.15, 0.2) is 0 Å². The van der Waals surface area contributed by atoms with Crippen LogP contribution in [-0.4, -0.2) is 12.6 Å². The number of fused-ring (bicyclic) bond motifs is 1. The Kier molecular flexibility index (Phi) is 2.73. The number of aliphatic imine (C=N–C) groups is 1. The standard InChI is InChI=1S/C11H9NOS/c13-8-12-6-5-10-7-9-3-1-2-4-11(9)14-10/h1-4,7H,5-6H2. The van der Waals surface area contributed by atoms with E-state index in [2.05, 4.69) is 23.2 Å². The Bertz CT molecular complexity index is 450. The summed E-state index contributed by atoms with van der Waals surface area (Å²) in [4.78, 5) is 14.7. The molecule has 2 nitrogen and oxygen atoms in total. The molecule has 0 spiro atoms. The largest absolute Gasteiger partial charge is 0.234 e. The molecule has 0 bridgehead atoms. The van der Waals surface area contributed by atoms with Crippen LogP contribution in [0.3, 0.4) is 0 Å². The van der Waals surface area contributed by atoms with Crippen molar-refractivity contribution in [1.29, 1.82) is 0 Å². The SMILES string of the molecule is O=C=NCCc1cc2ccccc2s1. The highest BCUT2D eigenvalue weighted by Crippen LogP contribution is 2.25. The van der Waals surface area contributed by atoms with Crippen molar-refractivity contribution in [2.75, 3.05) is 6.54 Å². The van der Waals surface area contributed by atoms with Gasteiger partial charge in [-0.1, -0.05) is 18.2 Å². The van der Waals surface area contributed by atoms with Crippen molar-refractivity contribution in [2.24, 2.45) is 4.99 Å². The summed E-state index contributed by atoms with van der Waals surface area (Å²) in [5.41, 5.74) is 0. The van der Waals surface area contributed by atoms with Crippen molar-refractivity contribution in [3.63, 3.8) is 0 Å². The fraction of sp³-hybridized carbons (Fsp3) is 0.182. The number of benzene rings is 1. The fourth-order valence-corrected chi connectivity index (χ4v) is 2.42. The van der Waals surface area contributed by atoms with Gasteiger partial charge < -0.3 is 0 Å². The first kappa shape index (κ1) is 9.13. The fourth-order valence-electron chi connectivity index (χ4n) is 1.37. The van der Waals surface area contributed by atoms with Gasteiger partial charge in [-0.2, -0.15) is 0 Å². The minimum absolute atomic E-state index is 0.538. The van der Waals surface area contributed by atoms with Crippen molar-refractivity contribution in [3.8, 4) is 0 Å². The molecule has 1 aromatic carbocycles. The van der Waals surface area contributed by atoms with Crippen LogP contribution in [0, 0.1) is 0 Å². The van der Waals surface area contributed by atoms with Gasteiger partial charge in [0, 0.05) is 16.0 Å². The highest BCUT2D eigenvalue weighted by atomic mass is 32.1. The van der Waals surface area contributed by atoms with Crippen molar-refractivity contribution < 1.29 is 4.79 Å². The lowest BCUT2D eigenvalue weighted by Gasteiger charge is -1.86. The van der Waals surface area contributed by atoms with Gasteiger partial charge in [-0.15, -0.1) is 11.3 Å². The van der Waals surface area contributed by atoms with Gasteiger partial charge >= 0.3 is 0 Å². The minimum atomic E-state index is 0.538. The molecule has 2 aromatic rings. The predicted octanol–water partition coefficient (Wildman–Crippen LogP) is 2.78. The van der Waals surface area contributed by atoms with E-state index in [0.717, 1.165) is 6.42 Å². The lowest BCUT2D eigenvalue weighted by atomic mass is 10.2. The molecule has 0 atom stereocenters. The molecule has 0 amide bonds. The lowest BCUT2D eigenvalue weighted by Crippen LogP contribution is -1.83. The first-order valence-corrected chi connectivity index (χ1v) is 5.23. The number of hydrogen-bond acceptors (Lipinski definition) is 3. The zero-order chi connectivity index (χ0) is 9.80. The maximum atomic E-state index is 9.88. The van der Waals surface area contributed by atoms with Crippen molar-refractivity contribution in [2.45, 2.75) is 6.42 Å². The maximum Gasteiger partial charge on any atom is 0.234 e. The highest BCUT2D eigenvalue weighted by Gasteiger charge is 1.99. The maximum absolute atomic E-state index is 9.88. The summed E-state index contributed by atoms with van der Waals surface area (Å²) < 4.78 is 1.29. The topological polar surface area (TPSA) is 29.4 Å². The van der Waals surface area contributed by atoms with Crippen LogP contribution in [0.5, 0.6) is 0 Å². The molecule has 0 saturated carbocycles. The van der Waals surface area contributed by atoms with Crippen LogP contribution >= 0.6 is 11.3 Å². The van der Waals surface area contributed by atoms with Gasteiger partial charge in [0.25, 0.3) is 0 Å². The van der Waals surface area contributed by atoms with Crippen LogP contribution in [0.4, 0.5) is 0 Å². The molecule has 3 heteroatoms. The number of hydrogen-bond donors (Lipinski definition) is 0. The molecular formula is C11H9NOS. The smallest absolute Gasteiger partial charge is 0.211 e. The number of carbonyl (C=O) groups excluding carboxylic acids is 1. The van der Waals surface area contributed by atoms with Crippen LogP contribution in [0.1, 0.15) is 4.88 Å². The predicted molar refractivity (Wildman–Crippen MR) is 58.5 cm³/mol. The molecule has 2 rings (SSSR count). The number of isocyanates is 1. The third kappa shape index (κ3) is 1.90. The average Bonchev–Trinajstić information content (AvgIpc) is 2.60. The van der Waals surface area contributed by atoms with E-state index in [0.29, 0.717) is 6.54 Å². The summed E-state index contributed by atoms with van der Waals surface area (Å²) in [5, 5.41) is 1.27. The van der Waals surface area contributed by atoms with Gasteiger partial charge in [-0.3, -0.25) is 0 Å². The van der Waals surface area contributed by atoms with Crippen molar-refractivity contribution >= 4 is 27.5 Å². The van der Waals surface area contributed by atoms with Gasteiger partial charge in [0.2, 0.25) is 6.08 Å². The number of thiophene rings is 1. The number of nitrogens with zero attached hydrogens (tertiary/aromatic N) is 1. The molecule has 0 radical (unpaired) electrons. The molecule has 70 valence electrons. The Morgan fingerprint density at radius 2 is 2.21 bits per heavy atom. The van der Waals surface area contributed by atoms with E-state index in [1.165, 1.54) is 15.0 Å². The third-order valence-corrected chi connectivity index (χ3v) is 3.19. The monoisotopic (exact) mass is 203 g/mol. The lowest BCUT2D eigenvalue weighted by molar-refractivity contribution is 0.563. The van der Waals surface area contributed by atoms with E-state index < -0.39 is 0 Å². The second-order valence-corrected chi connectivity index (χ2v) is 4.14. The molecule has 1 heterocycles. The first-order chi connectivity index (χ1) is 6.90. The quantitative estimate of drug-likeness (QED) is 0.557.